The molecule has 0 saturated heterocycles. The number of carbonyl (C=O) groups is 2. The second-order valence-corrected chi connectivity index (χ2v) is 15.7. The van der Waals surface area contributed by atoms with E-state index < -0.39 is 14.7 Å². The average molecular weight is 734 g/mol. The van der Waals surface area contributed by atoms with Crippen LogP contribution in [0, 0.1) is 23.0 Å². The van der Waals surface area contributed by atoms with Gasteiger partial charge >= 0.3 is 0 Å². The van der Waals surface area contributed by atoms with Gasteiger partial charge in [0.05, 0.1) is 29.5 Å². The molecule has 0 radical (unpaired) electrons. The van der Waals surface area contributed by atoms with E-state index in [2.05, 4.69) is 32.5 Å². The van der Waals surface area contributed by atoms with Gasteiger partial charge < -0.3 is 25.2 Å². The topological polar surface area (TPSA) is 151 Å². The fourth-order valence-corrected chi connectivity index (χ4v) is 5.69. The third-order valence-electron chi connectivity index (χ3n) is 7.28. The molecule has 0 saturated carbocycles. The number of halogens is 2. The first-order chi connectivity index (χ1) is 20.8. The molecule has 0 aromatic heterocycles. The van der Waals surface area contributed by atoms with E-state index in [0.717, 1.165) is 12.8 Å². The maximum atomic E-state index is 12.6. The van der Waals surface area contributed by atoms with Crippen molar-refractivity contribution in [3.63, 3.8) is 0 Å². The summed E-state index contributed by atoms with van der Waals surface area (Å²) in [6.07, 6.45) is 11.9. The number of hydrogen-bond donors (Lipinski definition) is 3. The number of amides is 2. The second-order valence-electron chi connectivity index (χ2n) is 12.8. The van der Waals surface area contributed by atoms with Gasteiger partial charge in [-0.2, -0.15) is 0 Å². The SMILES string of the molecule is C#CCCC[N+](C)([O-])/C(Br)=C/C(Cl)CCCC(=O)NCCCC(C)(C)OCCC(C)(C)CNC(=O)c1ccc(S(N)(=O)=O)cc1. The zero-order valence-corrected chi connectivity index (χ0v) is 30.3. The van der Waals surface area contributed by atoms with Crippen LogP contribution < -0.4 is 15.8 Å². The third kappa shape index (κ3) is 17.5. The van der Waals surface area contributed by atoms with Crippen LogP contribution in [0.15, 0.2) is 39.8 Å². The maximum Gasteiger partial charge on any atom is 0.251 e. The molecule has 13 heteroatoms. The third-order valence-corrected chi connectivity index (χ3v) is 9.57. The molecular weight excluding hydrogens is 684 g/mol. The highest BCUT2D eigenvalue weighted by Crippen LogP contribution is 2.25. The van der Waals surface area contributed by atoms with E-state index in [9.17, 15) is 23.2 Å². The van der Waals surface area contributed by atoms with Crippen LogP contribution in [0.4, 0.5) is 0 Å². The molecule has 2 unspecified atom stereocenters. The summed E-state index contributed by atoms with van der Waals surface area (Å²) in [4.78, 5) is 24.7. The molecule has 1 rings (SSSR count). The number of nitrogens with zero attached hydrogens (tertiary/aromatic N) is 1. The van der Waals surface area contributed by atoms with E-state index in [4.69, 9.17) is 27.9 Å². The average Bonchev–Trinajstić information content (AvgIpc) is 2.93. The molecule has 1 aromatic rings. The van der Waals surface area contributed by atoms with Crippen molar-refractivity contribution in [1.82, 2.24) is 10.6 Å². The van der Waals surface area contributed by atoms with Gasteiger partial charge in [-0.15, -0.1) is 23.9 Å². The van der Waals surface area contributed by atoms with Crippen molar-refractivity contribution in [3.05, 3.63) is 45.7 Å². The Labute approximate surface area is 283 Å². The lowest BCUT2D eigenvalue weighted by Crippen LogP contribution is -2.36. The van der Waals surface area contributed by atoms with E-state index in [1.807, 2.05) is 27.7 Å². The number of hydrogen-bond acceptors (Lipinski definition) is 6. The van der Waals surface area contributed by atoms with Crippen LogP contribution >= 0.6 is 27.5 Å². The molecule has 2 atom stereocenters. The molecule has 0 aliphatic rings. The lowest BCUT2D eigenvalue weighted by molar-refractivity contribution is -0.812. The predicted molar refractivity (Wildman–Crippen MR) is 184 cm³/mol. The largest absolute Gasteiger partial charge is 0.627 e. The van der Waals surface area contributed by atoms with Gasteiger partial charge in [0.2, 0.25) is 15.9 Å². The quantitative estimate of drug-likeness (QED) is 0.0377. The number of carbonyl (C=O) groups excluding carboxylic acids is 2. The Morgan fingerprint density at radius 2 is 1.80 bits per heavy atom. The molecule has 4 N–H and O–H groups in total. The number of benzene rings is 1. The van der Waals surface area contributed by atoms with Crippen LogP contribution in [0.3, 0.4) is 0 Å². The molecule has 0 aliphatic heterocycles. The summed E-state index contributed by atoms with van der Waals surface area (Å²) in [6, 6.07) is 5.48. The molecule has 0 heterocycles. The van der Waals surface area contributed by atoms with Crippen LogP contribution in [0.5, 0.6) is 0 Å². The number of allylic oxidation sites excluding steroid dienone is 1. The Balaban J connectivity index is 2.30. The summed E-state index contributed by atoms with van der Waals surface area (Å²) >= 11 is 9.72. The molecule has 0 aliphatic carbocycles. The molecule has 0 spiro atoms. The van der Waals surface area contributed by atoms with Crippen molar-refractivity contribution < 1.29 is 27.4 Å². The molecule has 0 fully saturated rings. The number of nitrogens with two attached hydrogens (primary N) is 1. The van der Waals surface area contributed by atoms with Crippen molar-refractivity contribution in [2.24, 2.45) is 10.6 Å². The predicted octanol–water partition coefficient (Wildman–Crippen LogP) is 5.54. The van der Waals surface area contributed by atoms with Gasteiger partial charge in [-0.25, -0.2) is 13.6 Å². The van der Waals surface area contributed by atoms with Crippen molar-refractivity contribution in [1.29, 1.82) is 0 Å². The fraction of sp³-hybridized carbons (Fsp3) is 0.625. The van der Waals surface area contributed by atoms with Crippen LogP contribution in [0.25, 0.3) is 0 Å². The lowest BCUT2D eigenvalue weighted by Gasteiger charge is -2.37. The van der Waals surface area contributed by atoms with Crippen LogP contribution in [-0.4, -0.2) is 69.1 Å². The molecule has 10 nitrogen and oxygen atoms in total. The van der Waals surface area contributed by atoms with E-state index in [1.165, 1.54) is 24.3 Å². The smallest absolute Gasteiger partial charge is 0.251 e. The van der Waals surface area contributed by atoms with Gasteiger partial charge in [0.25, 0.3) is 5.91 Å². The Bertz CT molecular complexity index is 1280. The molecule has 1 aromatic carbocycles. The summed E-state index contributed by atoms with van der Waals surface area (Å²) in [5.41, 5.74) is -0.262. The number of quaternary nitrogens is 1. The Morgan fingerprint density at radius 3 is 2.40 bits per heavy atom. The molecule has 2 amide bonds. The first-order valence-electron chi connectivity index (χ1n) is 15.1. The molecule has 0 bridgehead atoms. The zero-order chi connectivity index (χ0) is 34.3. The Hall–Kier alpha value is -1.98. The Kier molecular flexibility index (Phi) is 17.3. The van der Waals surface area contributed by atoms with Crippen molar-refractivity contribution in [3.8, 4) is 12.3 Å². The second kappa shape index (κ2) is 19.0. The number of nitrogens with one attached hydrogen (secondary N) is 2. The number of terminal acetylenes is 1. The number of primary sulfonamides is 1. The lowest BCUT2D eigenvalue weighted by atomic mass is 9.89. The molecule has 254 valence electrons. The van der Waals surface area contributed by atoms with Gasteiger partial charge in [0, 0.05) is 66.5 Å². The molecule has 45 heavy (non-hydrogen) atoms. The van der Waals surface area contributed by atoms with E-state index >= 15 is 0 Å². The highest BCUT2D eigenvalue weighted by Gasteiger charge is 2.23. The summed E-state index contributed by atoms with van der Waals surface area (Å²) < 4.78 is 28.8. The summed E-state index contributed by atoms with van der Waals surface area (Å²) in [6.45, 7) is 9.93. The van der Waals surface area contributed by atoms with Crippen molar-refractivity contribution >= 4 is 49.4 Å². The standard InChI is InChI=1S/C32H50BrClN4O6S/c1-7-8-9-21-38(6,41)28(33)23-26(34)12-10-13-29(39)36-20-11-18-32(4,5)44-22-19-31(2,3)24-37-30(40)25-14-16-27(17-15-25)45(35,42)43/h1,14-17,23,26H,8-13,18-22,24H2,2-6H3,(H,36,39)(H,37,40)(H2,35,42,43)/b28-23+. The molecular formula is C32H50BrClN4O6S. The first kappa shape index (κ1) is 41.0. The van der Waals surface area contributed by atoms with E-state index in [-0.39, 0.29) is 33.1 Å². The minimum atomic E-state index is -3.81. The van der Waals surface area contributed by atoms with Gasteiger partial charge in [0.15, 0.2) is 4.61 Å². The van der Waals surface area contributed by atoms with Gasteiger partial charge in [-0.3, -0.25) is 9.59 Å². The van der Waals surface area contributed by atoms with E-state index in [1.54, 1.807) is 13.1 Å². The monoisotopic (exact) mass is 732 g/mol. The number of alkyl halides is 1. The first-order valence-corrected chi connectivity index (χ1v) is 17.9. The van der Waals surface area contributed by atoms with Gasteiger partial charge in [-0.1, -0.05) is 13.8 Å². The summed E-state index contributed by atoms with van der Waals surface area (Å²) in [5, 5.41) is 23.2. The fourth-order valence-electron chi connectivity index (χ4n) is 4.25. The summed E-state index contributed by atoms with van der Waals surface area (Å²) in [7, 11) is -2.26. The number of rotatable bonds is 21. The van der Waals surface area contributed by atoms with Gasteiger partial charge in [-0.05, 0) is 75.6 Å². The number of sulfonamides is 1. The number of unbranched alkanes of at least 4 members (excludes halogenated alkanes) is 1. The number of hydroxylamine groups is 3. The Morgan fingerprint density at radius 1 is 1.16 bits per heavy atom. The minimum Gasteiger partial charge on any atom is -0.627 e. The highest BCUT2D eigenvalue weighted by molar-refractivity contribution is 9.11. The van der Waals surface area contributed by atoms with Gasteiger partial charge in [0.1, 0.15) is 0 Å². The highest BCUT2D eigenvalue weighted by atomic mass is 79.9. The minimum absolute atomic E-state index is 0.0384. The van der Waals surface area contributed by atoms with Crippen molar-refractivity contribution in [2.45, 2.75) is 94.9 Å². The maximum absolute atomic E-state index is 12.6. The van der Waals surface area contributed by atoms with Crippen LogP contribution in [0.2, 0.25) is 0 Å². The van der Waals surface area contributed by atoms with Crippen molar-refractivity contribution in [2.75, 3.05) is 33.3 Å². The van der Waals surface area contributed by atoms with Crippen LogP contribution in [0.1, 0.15) is 89.4 Å². The van der Waals surface area contributed by atoms with E-state index in [0.29, 0.717) is 74.9 Å². The zero-order valence-electron chi connectivity index (χ0n) is 27.2. The number of ether oxygens (including phenoxy) is 1. The van der Waals surface area contributed by atoms with Crippen LogP contribution in [-0.2, 0) is 19.6 Å². The normalized spacial score (nSPS) is 14.7. The summed E-state index contributed by atoms with van der Waals surface area (Å²) in [5.74, 6) is 2.20.